The molecular formula is C26H18F7N5O2. The number of hydrogen-bond donors (Lipinski definition) is 2. The highest BCUT2D eigenvalue weighted by atomic mass is 19.4. The van der Waals surface area contributed by atoms with Gasteiger partial charge in [0.05, 0.1) is 23.7 Å². The summed E-state index contributed by atoms with van der Waals surface area (Å²) in [4.78, 5) is 13.2. The van der Waals surface area contributed by atoms with E-state index < -0.39 is 40.6 Å². The molecule has 2 N–H and O–H groups in total. The van der Waals surface area contributed by atoms with Crippen molar-refractivity contribution in [3.8, 4) is 28.3 Å². The highest BCUT2D eigenvalue weighted by Gasteiger charge is 2.53. The largest absolute Gasteiger partial charge is 0.496 e. The quantitative estimate of drug-likeness (QED) is 0.265. The molecule has 208 valence electrons. The number of tetrazole rings is 1. The standard InChI is InChI=1S/C26H18F7N5O2/c1-40-21-7-2-13(10-19(21)26(31,32)33)16-5-4-15(12-17(16)22-35-37-38-36-22)34-23(39)24(8-9-24)18-6-3-14(11-20(18)27)25(28,29)30/h2-7,10-12H,8-9H2,1H3,(H,34,39)(H,35,36,37,38). The fourth-order valence-corrected chi connectivity index (χ4v) is 4.51. The summed E-state index contributed by atoms with van der Waals surface area (Å²) >= 11 is 0. The van der Waals surface area contributed by atoms with Gasteiger partial charge in [-0.15, -0.1) is 10.2 Å². The minimum absolute atomic E-state index is 0.0189. The number of ether oxygens (including phenoxy) is 1. The second-order valence-corrected chi connectivity index (χ2v) is 9.14. The summed E-state index contributed by atoms with van der Waals surface area (Å²) in [5.41, 5.74) is -2.87. The summed E-state index contributed by atoms with van der Waals surface area (Å²) in [6.07, 6.45) is -9.02. The number of nitrogens with one attached hydrogen (secondary N) is 2. The van der Waals surface area contributed by atoms with Crippen LogP contribution in [0.5, 0.6) is 5.75 Å². The predicted octanol–water partition coefficient (Wildman–Crippen LogP) is 6.39. The number of aromatic amines is 1. The van der Waals surface area contributed by atoms with E-state index in [0.717, 1.165) is 25.3 Å². The van der Waals surface area contributed by atoms with Crippen molar-refractivity contribution >= 4 is 11.6 Å². The van der Waals surface area contributed by atoms with Gasteiger partial charge >= 0.3 is 12.4 Å². The first kappa shape index (κ1) is 27.1. The Morgan fingerprint density at radius 2 is 1.70 bits per heavy atom. The van der Waals surface area contributed by atoms with Gasteiger partial charge in [-0.1, -0.05) is 18.2 Å². The zero-order chi connectivity index (χ0) is 28.9. The monoisotopic (exact) mass is 565 g/mol. The van der Waals surface area contributed by atoms with Crippen LogP contribution in [-0.2, 0) is 22.6 Å². The van der Waals surface area contributed by atoms with E-state index in [1.54, 1.807) is 0 Å². The topological polar surface area (TPSA) is 92.8 Å². The summed E-state index contributed by atoms with van der Waals surface area (Å²) in [5, 5.41) is 16.2. The van der Waals surface area contributed by atoms with Crippen molar-refractivity contribution in [2.75, 3.05) is 12.4 Å². The number of hydrogen-bond acceptors (Lipinski definition) is 5. The summed E-state index contributed by atoms with van der Waals surface area (Å²) in [6.45, 7) is 0. The van der Waals surface area contributed by atoms with E-state index in [9.17, 15) is 35.5 Å². The molecule has 0 aliphatic heterocycles. The molecule has 0 saturated heterocycles. The fourth-order valence-electron chi connectivity index (χ4n) is 4.51. The van der Waals surface area contributed by atoms with E-state index >= 15 is 0 Å². The van der Waals surface area contributed by atoms with Crippen LogP contribution in [-0.4, -0.2) is 33.6 Å². The molecule has 3 aromatic carbocycles. The Labute approximate surface area is 221 Å². The first-order valence-corrected chi connectivity index (χ1v) is 11.7. The number of aromatic nitrogens is 4. The number of methoxy groups -OCH3 is 1. The molecule has 0 spiro atoms. The fraction of sp³-hybridized carbons (Fsp3) is 0.231. The van der Waals surface area contributed by atoms with Crippen LogP contribution in [0.3, 0.4) is 0 Å². The van der Waals surface area contributed by atoms with Crippen LogP contribution in [0.15, 0.2) is 54.6 Å². The molecule has 7 nitrogen and oxygen atoms in total. The average molecular weight is 565 g/mol. The number of alkyl halides is 6. The molecule has 5 rings (SSSR count). The number of rotatable bonds is 6. The van der Waals surface area contributed by atoms with Crippen LogP contribution in [0.1, 0.15) is 29.5 Å². The Morgan fingerprint density at radius 1 is 0.950 bits per heavy atom. The Hall–Kier alpha value is -4.49. The number of halogens is 7. The molecule has 1 saturated carbocycles. The maximum atomic E-state index is 14.7. The van der Waals surface area contributed by atoms with Gasteiger partial charge in [0.1, 0.15) is 11.6 Å². The molecule has 1 aliphatic rings. The Balaban J connectivity index is 1.50. The SMILES string of the molecule is COc1ccc(-c2ccc(NC(=O)C3(c4ccc(C(F)(F)F)cc4F)CC3)cc2-c2nn[nH]n2)cc1C(F)(F)F. The van der Waals surface area contributed by atoms with Crippen molar-refractivity contribution in [1.29, 1.82) is 0 Å². The lowest BCUT2D eigenvalue weighted by molar-refractivity contribution is -0.139. The zero-order valence-electron chi connectivity index (χ0n) is 20.4. The first-order chi connectivity index (χ1) is 18.8. The van der Waals surface area contributed by atoms with Gasteiger partial charge in [0, 0.05) is 16.8 Å². The molecule has 1 amide bonds. The second kappa shape index (κ2) is 9.61. The first-order valence-electron chi connectivity index (χ1n) is 11.7. The van der Waals surface area contributed by atoms with E-state index in [1.165, 1.54) is 30.3 Å². The average Bonchev–Trinajstić information content (AvgIpc) is 3.52. The van der Waals surface area contributed by atoms with E-state index in [-0.39, 0.29) is 52.4 Å². The van der Waals surface area contributed by atoms with Gasteiger partial charge in [-0.3, -0.25) is 4.79 Å². The van der Waals surface area contributed by atoms with Gasteiger partial charge in [-0.25, -0.2) is 4.39 Å². The van der Waals surface area contributed by atoms with Crippen molar-refractivity contribution in [2.24, 2.45) is 0 Å². The van der Waals surface area contributed by atoms with Gasteiger partial charge in [0.15, 0.2) is 0 Å². The normalized spacial score (nSPS) is 14.6. The zero-order valence-corrected chi connectivity index (χ0v) is 20.4. The molecule has 14 heteroatoms. The van der Waals surface area contributed by atoms with Crippen molar-refractivity contribution in [1.82, 2.24) is 20.6 Å². The van der Waals surface area contributed by atoms with Crippen LogP contribution in [0.2, 0.25) is 0 Å². The number of amides is 1. The highest BCUT2D eigenvalue weighted by Crippen LogP contribution is 2.50. The van der Waals surface area contributed by atoms with Crippen LogP contribution in [0.25, 0.3) is 22.5 Å². The van der Waals surface area contributed by atoms with Crippen LogP contribution in [0.4, 0.5) is 36.4 Å². The van der Waals surface area contributed by atoms with Crippen LogP contribution < -0.4 is 10.1 Å². The second-order valence-electron chi connectivity index (χ2n) is 9.14. The predicted molar refractivity (Wildman–Crippen MR) is 128 cm³/mol. The third-order valence-electron chi connectivity index (χ3n) is 6.68. The molecule has 4 aromatic rings. The lowest BCUT2D eigenvalue weighted by Gasteiger charge is -2.19. The molecule has 1 aromatic heterocycles. The number of carbonyl (C=O) groups is 1. The maximum absolute atomic E-state index is 14.7. The number of carbonyl (C=O) groups excluding carboxylic acids is 1. The number of anilines is 1. The number of nitrogens with zero attached hydrogens (tertiary/aromatic N) is 3. The lowest BCUT2D eigenvalue weighted by atomic mass is 9.92. The number of benzene rings is 3. The lowest BCUT2D eigenvalue weighted by Crippen LogP contribution is -2.29. The third kappa shape index (κ3) is 4.96. The Kier molecular flexibility index (Phi) is 6.51. The van der Waals surface area contributed by atoms with Crippen LogP contribution in [0, 0.1) is 5.82 Å². The molecule has 0 atom stereocenters. The van der Waals surface area contributed by atoms with Crippen LogP contribution >= 0.6 is 0 Å². The van der Waals surface area contributed by atoms with Crippen molar-refractivity contribution in [2.45, 2.75) is 30.6 Å². The number of H-pyrrole nitrogens is 1. The Bertz CT molecular complexity index is 1580. The molecule has 0 radical (unpaired) electrons. The van der Waals surface area contributed by atoms with Gasteiger partial charge in [-0.05, 0) is 65.6 Å². The minimum Gasteiger partial charge on any atom is -0.496 e. The van der Waals surface area contributed by atoms with Crippen molar-refractivity contribution in [3.05, 3.63) is 77.1 Å². The molecule has 1 aliphatic carbocycles. The Morgan fingerprint density at radius 3 is 2.27 bits per heavy atom. The van der Waals surface area contributed by atoms with Crippen molar-refractivity contribution in [3.63, 3.8) is 0 Å². The van der Waals surface area contributed by atoms with Gasteiger partial charge in [-0.2, -0.15) is 31.6 Å². The van der Waals surface area contributed by atoms with Gasteiger partial charge < -0.3 is 10.1 Å². The van der Waals surface area contributed by atoms with E-state index in [0.29, 0.717) is 6.07 Å². The maximum Gasteiger partial charge on any atom is 0.419 e. The molecule has 0 unspecified atom stereocenters. The smallest absolute Gasteiger partial charge is 0.419 e. The van der Waals surface area contributed by atoms with E-state index in [2.05, 4.69) is 25.9 Å². The molecule has 40 heavy (non-hydrogen) atoms. The van der Waals surface area contributed by atoms with Crippen molar-refractivity contribution < 1.29 is 40.3 Å². The highest BCUT2D eigenvalue weighted by molar-refractivity contribution is 6.02. The van der Waals surface area contributed by atoms with Gasteiger partial charge in [0.25, 0.3) is 0 Å². The van der Waals surface area contributed by atoms with E-state index in [4.69, 9.17) is 4.74 Å². The third-order valence-corrected chi connectivity index (χ3v) is 6.68. The summed E-state index contributed by atoms with van der Waals surface area (Å²) in [5.74, 6) is -2.15. The van der Waals surface area contributed by atoms with E-state index in [1.807, 2.05) is 0 Å². The molecule has 0 bridgehead atoms. The molecular weight excluding hydrogens is 547 g/mol. The minimum atomic E-state index is -4.74. The van der Waals surface area contributed by atoms with Gasteiger partial charge in [0.2, 0.25) is 11.7 Å². The summed E-state index contributed by atoms with van der Waals surface area (Å²) in [7, 11) is 1.12. The summed E-state index contributed by atoms with van der Waals surface area (Å²) < 4.78 is 99.3. The molecule has 1 fully saturated rings. The summed E-state index contributed by atoms with van der Waals surface area (Å²) in [6, 6.07) is 9.81. The molecule has 1 heterocycles.